The van der Waals surface area contributed by atoms with Crippen molar-refractivity contribution in [2.24, 2.45) is 5.92 Å². The number of piperidine rings is 1. The molecule has 0 aliphatic carbocycles. The SMILES string of the molecule is CC[C@@H]1[C@@H](C(=O)N2CCCC[C@@H]2c2nnc3n2CCCC3)CCN1C(=O)OC(C)(C)C. The molecule has 3 aliphatic heterocycles. The number of hydrogen-bond donors (Lipinski definition) is 0. The molecular formula is C23H37N5O3. The summed E-state index contributed by atoms with van der Waals surface area (Å²) in [7, 11) is 0. The van der Waals surface area contributed by atoms with E-state index in [0.717, 1.165) is 69.7 Å². The summed E-state index contributed by atoms with van der Waals surface area (Å²) in [5.41, 5.74) is -0.539. The molecule has 0 unspecified atom stereocenters. The first-order valence-corrected chi connectivity index (χ1v) is 12.0. The van der Waals surface area contributed by atoms with Gasteiger partial charge in [0.15, 0.2) is 5.82 Å². The lowest BCUT2D eigenvalue weighted by Gasteiger charge is -2.38. The van der Waals surface area contributed by atoms with Crippen LogP contribution < -0.4 is 0 Å². The van der Waals surface area contributed by atoms with E-state index >= 15 is 0 Å². The number of carbonyl (C=O) groups excluding carboxylic acids is 2. The van der Waals surface area contributed by atoms with E-state index in [-0.39, 0.29) is 30.0 Å². The molecule has 8 nitrogen and oxygen atoms in total. The minimum Gasteiger partial charge on any atom is -0.444 e. The lowest BCUT2D eigenvalue weighted by Crippen LogP contribution is -2.47. The van der Waals surface area contributed by atoms with E-state index in [0.29, 0.717) is 13.0 Å². The quantitative estimate of drug-likeness (QED) is 0.729. The van der Waals surface area contributed by atoms with Gasteiger partial charge in [-0.05, 0) is 65.7 Å². The second kappa shape index (κ2) is 8.79. The molecule has 1 aromatic heterocycles. The normalized spacial score (nSPS) is 26.6. The van der Waals surface area contributed by atoms with E-state index in [4.69, 9.17) is 4.74 Å². The fourth-order valence-corrected chi connectivity index (χ4v) is 5.45. The number of hydrogen-bond acceptors (Lipinski definition) is 5. The molecule has 3 aliphatic rings. The lowest BCUT2D eigenvalue weighted by molar-refractivity contribution is -0.140. The third-order valence-corrected chi connectivity index (χ3v) is 6.88. The van der Waals surface area contributed by atoms with Gasteiger partial charge < -0.3 is 19.1 Å². The Balaban J connectivity index is 1.53. The number of fused-ring (bicyclic) bond motifs is 1. The van der Waals surface area contributed by atoms with Crippen molar-refractivity contribution >= 4 is 12.0 Å². The molecule has 3 atom stereocenters. The first kappa shape index (κ1) is 22.1. The van der Waals surface area contributed by atoms with Gasteiger partial charge in [0.05, 0.1) is 12.0 Å². The zero-order valence-electron chi connectivity index (χ0n) is 19.5. The maximum atomic E-state index is 13.8. The van der Waals surface area contributed by atoms with Gasteiger partial charge in [0.25, 0.3) is 0 Å². The third-order valence-electron chi connectivity index (χ3n) is 6.88. The second-order valence-electron chi connectivity index (χ2n) is 10.2. The predicted molar refractivity (Wildman–Crippen MR) is 116 cm³/mol. The largest absolute Gasteiger partial charge is 0.444 e. The van der Waals surface area contributed by atoms with Crippen LogP contribution in [0.5, 0.6) is 0 Å². The number of aryl methyl sites for hydroxylation is 1. The number of nitrogens with zero attached hydrogens (tertiary/aromatic N) is 5. The van der Waals surface area contributed by atoms with Gasteiger partial charge in [0, 0.05) is 32.1 Å². The summed E-state index contributed by atoms with van der Waals surface area (Å²) < 4.78 is 7.86. The van der Waals surface area contributed by atoms with Gasteiger partial charge in [-0.3, -0.25) is 4.79 Å². The molecular weight excluding hydrogens is 394 g/mol. The van der Waals surface area contributed by atoms with Crippen LogP contribution in [-0.4, -0.2) is 61.3 Å². The summed E-state index contributed by atoms with van der Waals surface area (Å²) in [4.78, 5) is 30.3. The standard InChI is InChI=1S/C23H37N5O3/c1-5-17-16(12-15-27(17)22(30)31-23(2,3)4)21(29)26-13-8-6-10-18(26)20-25-24-19-11-7-9-14-28(19)20/h16-18H,5-15H2,1-4H3/t16-,17+,18+/m0/s1. The van der Waals surface area contributed by atoms with Gasteiger partial charge >= 0.3 is 6.09 Å². The highest BCUT2D eigenvalue weighted by atomic mass is 16.6. The van der Waals surface area contributed by atoms with Gasteiger partial charge in [-0.15, -0.1) is 10.2 Å². The van der Waals surface area contributed by atoms with E-state index in [1.165, 1.54) is 0 Å². The van der Waals surface area contributed by atoms with E-state index < -0.39 is 5.60 Å². The average molecular weight is 432 g/mol. The molecule has 0 spiro atoms. The molecule has 0 radical (unpaired) electrons. The number of aromatic nitrogens is 3. The minimum absolute atomic E-state index is 0.00585. The summed E-state index contributed by atoms with van der Waals surface area (Å²) in [6, 6.07) is -0.120. The number of carbonyl (C=O) groups is 2. The highest BCUT2D eigenvalue weighted by molar-refractivity contribution is 5.82. The molecule has 0 N–H and O–H groups in total. The molecule has 0 saturated carbocycles. The van der Waals surface area contributed by atoms with Crippen LogP contribution in [-0.2, 0) is 22.5 Å². The Bertz CT molecular complexity index is 815. The molecule has 172 valence electrons. The molecule has 2 amide bonds. The molecule has 4 heterocycles. The van der Waals surface area contributed by atoms with Crippen molar-refractivity contribution in [2.45, 2.75) is 103 Å². The highest BCUT2D eigenvalue weighted by Gasteiger charge is 2.45. The van der Waals surface area contributed by atoms with Crippen LogP contribution in [0.3, 0.4) is 0 Å². The Hall–Kier alpha value is -2.12. The number of rotatable bonds is 3. The summed E-state index contributed by atoms with van der Waals surface area (Å²) in [6.07, 6.45) is 7.45. The van der Waals surface area contributed by atoms with E-state index in [1.807, 2.05) is 25.7 Å². The second-order valence-corrected chi connectivity index (χ2v) is 10.2. The predicted octanol–water partition coefficient (Wildman–Crippen LogP) is 3.70. The van der Waals surface area contributed by atoms with Crippen molar-refractivity contribution in [3.63, 3.8) is 0 Å². The smallest absolute Gasteiger partial charge is 0.410 e. The average Bonchev–Trinajstić information content (AvgIpc) is 3.36. The molecule has 1 aromatic rings. The zero-order chi connectivity index (χ0) is 22.2. The molecule has 0 aromatic carbocycles. The van der Waals surface area contributed by atoms with Crippen molar-refractivity contribution in [1.82, 2.24) is 24.6 Å². The Labute approximate surface area is 185 Å². The van der Waals surface area contributed by atoms with Crippen LogP contribution in [0.1, 0.15) is 90.3 Å². The van der Waals surface area contributed by atoms with Gasteiger partial charge in [-0.2, -0.15) is 0 Å². The number of amides is 2. The first-order chi connectivity index (χ1) is 14.8. The minimum atomic E-state index is -0.539. The summed E-state index contributed by atoms with van der Waals surface area (Å²) in [5.74, 6) is 2.00. The van der Waals surface area contributed by atoms with Crippen molar-refractivity contribution in [3.05, 3.63) is 11.6 Å². The topological polar surface area (TPSA) is 80.6 Å². The van der Waals surface area contributed by atoms with Crippen LogP contribution in [0.4, 0.5) is 4.79 Å². The molecule has 4 rings (SSSR count). The van der Waals surface area contributed by atoms with Gasteiger partial charge in [-0.1, -0.05) is 6.92 Å². The van der Waals surface area contributed by atoms with Crippen LogP contribution in [0, 0.1) is 5.92 Å². The van der Waals surface area contributed by atoms with Crippen molar-refractivity contribution < 1.29 is 14.3 Å². The first-order valence-electron chi connectivity index (χ1n) is 12.0. The van der Waals surface area contributed by atoms with Crippen LogP contribution >= 0.6 is 0 Å². The van der Waals surface area contributed by atoms with Crippen molar-refractivity contribution in [3.8, 4) is 0 Å². The maximum Gasteiger partial charge on any atom is 0.410 e. The molecule has 2 fully saturated rings. The van der Waals surface area contributed by atoms with Crippen molar-refractivity contribution in [1.29, 1.82) is 0 Å². The van der Waals surface area contributed by atoms with Crippen LogP contribution in [0.25, 0.3) is 0 Å². The van der Waals surface area contributed by atoms with E-state index in [9.17, 15) is 9.59 Å². The highest BCUT2D eigenvalue weighted by Crippen LogP contribution is 2.36. The Morgan fingerprint density at radius 1 is 1.00 bits per heavy atom. The maximum absolute atomic E-state index is 13.8. The molecule has 8 heteroatoms. The van der Waals surface area contributed by atoms with Crippen LogP contribution in [0.15, 0.2) is 0 Å². The number of ether oxygens (including phenoxy) is 1. The van der Waals surface area contributed by atoms with Crippen molar-refractivity contribution in [2.75, 3.05) is 13.1 Å². The molecule has 31 heavy (non-hydrogen) atoms. The molecule has 0 bridgehead atoms. The van der Waals surface area contributed by atoms with Gasteiger partial charge in [0.1, 0.15) is 11.4 Å². The third kappa shape index (κ3) is 4.44. The Morgan fingerprint density at radius 2 is 1.77 bits per heavy atom. The summed E-state index contributed by atoms with van der Waals surface area (Å²) >= 11 is 0. The summed E-state index contributed by atoms with van der Waals surface area (Å²) in [6.45, 7) is 9.96. The van der Waals surface area contributed by atoms with Gasteiger partial charge in [-0.25, -0.2) is 4.79 Å². The van der Waals surface area contributed by atoms with E-state index in [1.54, 1.807) is 4.90 Å². The lowest BCUT2D eigenvalue weighted by atomic mass is 9.93. The monoisotopic (exact) mass is 431 g/mol. The van der Waals surface area contributed by atoms with Gasteiger partial charge in [0.2, 0.25) is 5.91 Å². The fourth-order valence-electron chi connectivity index (χ4n) is 5.45. The number of likely N-dealkylation sites (tertiary alicyclic amines) is 2. The Morgan fingerprint density at radius 3 is 2.52 bits per heavy atom. The van der Waals surface area contributed by atoms with E-state index in [2.05, 4.69) is 21.7 Å². The van der Waals surface area contributed by atoms with Crippen LogP contribution in [0.2, 0.25) is 0 Å². The Kier molecular flexibility index (Phi) is 6.26. The molecule has 2 saturated heterocycles. The fraction of sp³-hybridized carbons (Fsp3) is 0.826. The summed E-state index contributed by atoms with van der Waals surface area (Å²) in [5, 5.41) is 8.97. The zero-order valence-corrected chi connectivity index (χ0v) is 19.5.